The topological polar surface area (TPSA) is 62.2 Å². The number of amides is 2. The summed E-state index contributed by atoms with van der Waals surface area (Å²) in [4.78, 5) is 18.6. The van der Waals surface area contributed by atoms with Crippen molar-refractivity contribution in [3.63, 3.8) is 0 Å². The summed E-state index contributed by atoms with van der Waals surface area (Å²) in [6, 6.07) is 7.71. The first-order chi connectivity index (χ1) is 12.2. The van der Waals surface area contributed by atoms with Crippen LogP contribution in [-0.4, -0.2) is 46.7 Å². The van der Waals surface area contributed by atoms with Crippen molar-refractivity contribution < 1.29 is 4.79 Å². The Bertz CT molecular complexity index is 653. The summed E-state index contributed by atoms with van der Waals surface area (Å²) in [6.45, 7) is 6.93. The third kappa shape index (κ3) is 5.60. The summed E-state index contributed by atoms with van der Waals surface area (Å²) >= 11 is 0. The predicted octanol–water partition coefficient (Wildman–Crippen LogP) is 2.73. The van der Waals surface area contributed by atoms with Crippen molar-refractivity contribution in [1.82, 2.24) is 19.8 Å². The van der Waals surface area contributed by atoms with Crippen LogP contribution >= 0.6 is 0 Å². The molecule has 134 valence electrons. The Morgan fingerprint density at radius 1 is 1.28 bits per heavy atom. The van der Waals surface area contributed by atoms with E-state index in [1.165, 1.54) is 18.4 Å². The van der Waals surface area contributed by atoms with E-state index in [4.69, 9.17) is 0 Å². The van der Waals surface area contributed by atoms with Crippen LogP contribution in [0.1, 0.15) is 18.4 Å². The van der Waals surface area contributed by atoms with Crippen LogP contribution in [0.5, 0.6) is 0 Å². The van der Waals surface area contributed by atoms with Crippen LogP contribution in [0.2, 0.25) is 0 Å². The quantitative estimate of drug-likeness (QED) is 0.849. The number of carbonyl (C=O) groups is 1. The highest BCUT2D eigenvalue weighted by atomic mass is 16.2. The molecule has 25 heavy (non-hydrogen) atoms. The van der Waals surface area contributed by atoms with Crippen molar-refractivity contribution in [1.29, 1.82) is 0 Å². The number of benzene rings is 1. The van der Waals surface area contributed by atoms with E-state index in [0.717, 1.165) is 38.4 Å². The van der Waals surface area contributed by atoms with Crippen LogP contribution in [0.25, 0.3) is 0 Å². The number of hydrogen-bond donors (Lipinski definition) is 2. The minimum Gasteiger partial charge on any atom is -0.338 e. The molecule has 1 aromatic carbocycles. The average molecular weight is 341 g/mol. The van der Waals surface area contributed by atoms with Gasteiger partial charge in [0.25, 0.3) is 0 Å². The van der Waals surface area contributed by atoms with Gasteiger partial charge in [-0.3, -0.25) is 0 Å². The van der Waals surface area contributed by atoms with Crippen LogP contribution in [0.4, 0.5) is 10.5 Å². The molecule has 6 nitrogen and oxygen atoms in total. The molecular weight excluding hydrogens is 314 g/mol. The van der Waals surface area contributed by atoms with Gasteiger partial charge in [-0.15, -0.1) is 0 Å². The van der Waals surface area contributed by atoms with Gasteiger partial charge in [0.1, 0.15) is 0 Å². The molecule has 1 atom stereocenters. The van der Waals surface area contributed by atoms with Gasteiger partial charge < -0.3 is 20.1 Å². The van der Waals surface area contributed by atoms with Crippen LogP contribution < -0.4 is 10.6 Å². The first kappa shape index (κ1) is 17.5. The first-order valence-electron chi connectivity index (χ1n) is 8.98. The van der Waals surface area contributed by atoms with Gasteiger partial charge in [0.15, 0.2) is 0 Å². The Morgan fingerprint density at radius 2 is 2.12 bits per heavy atom. The lowest BCUT2D eigenvalue weighted by molar-refractivity contribution is 0.167. The average Bonchev–Trinajstić information content (AvgIpc) is 3.14. The lowest BCUT2D eigenvalue weighted by Crippen LogP contribution is -2.42. The number of anilines is 1. The molecule has 3 rings (SSSR count). The Balaban J connectivity index is 1.38. The van der Waals surface area contributed by atoms with Crippen LogP contribution in [-0.2, 0) is 6.54 Å². The van der Waals surface area contributed by atoms with Crippen molar-refractivity contribution in [2.45, 2.75) is 26.3 Å². The molecule has 0 aliphatic carbocycles. The number of urea groups is 1. The summed E-state index contributed by atoms with van der Waals surface area (Å²) in [5, 5.41) is 5.90. The van der Waals surface area contributed by atoms with Gasteiger partial charge in [0, 0.05) is 44.3 Å². The fourth-order valence-electron chi connectivity index (χ4n) is 3.25. The first-order valence-corrected chi connectivity index (χ1v) is 8.98. The molecule has 1 saturated heterocycles. The highest BCUT2D eigenvalue weighted by molar-refractivity contribution is 5.89. The fourth-order valence-corrected chi connectivity index (χ4v) is 3.25. The number of aryl methyl sites for hydroxylation is 1. The van der Waals surface area contributed by atoms with Gasteiger partial charge >= 0.3 is 6.03 Å². The molecule has 0 bridgehead atoms. The molecule has 2 N–H and O–H groups in total. The molecule has 0 radical (unpaired) electrons. The lowest BCUT2D eigenvalue weighted by atomic mass is 9.98. The Labute approximate surface area is 149 Å². The summed E-state index contributed by atoms with van der Waals surface area (Å²) in [7, 11) is 0. The normalized spacial score (nSPS) is 18.0. The SMILES string of the molecule is Cc1ccc(NC(=O)NC[C@@H]2CCCN(CCn3ccnc3)C2)cc1. The molecule has 2 amide bonds. The molecule has 1 aliphatic rings. The summed E-state index contributed by atoms with van der Waals surface area (Å²) in [5.41, 5.74) is 2.01. The van der Waals surface area contributed by atoms with Gasteiger partial charge in [-0.2, -0.15) is 0 Å². The van der Waals surface area contributed by atoms with Gasteiger partial charge in [0.05, 0.1) is 6.33 Å². The standard InChI is InChI=1S/C19H27N5O/c1-16-4-6-18(7-5-16)22-19(25)21-13-17-3-2-9-23(14-17)11-12-24-10-8-20-15-24/h4-8,10,15,17H,2-3,9,11-14H2,1H3,(H2,21,22,25)/t17-/m0/s1. The van der Waals surface area contributed by atoms with E-state index < -0.39 is 0 Å². The summed E-state index contributed by atoms with van der Waals surface area (Å²) < 4.78 is 2.11. The smallest absolute Gasteiger partial charge is 0.319 e. The number of rotatable bonds is 6. The van der Waals surface area contributed by atoms with E-state index in [1.807, 2.05) is 49.9 Å². The molecule has 1 fully saturated rings. The zero-order valence-electron chi connectivity index (χ0n) is 14.8. The molecule has 0 saturated carbocycles. The van der Waals surface area contributed by atoms with Crippen LogP contribution in [0.15, 0.2) is 43.0 Å². The minimum absolute atomic E-state index is 0.126. The molecule has 2 aromatic rings. The molecular formula is C19H27N5O. The van der Waals surface area contributed by atoms with E-state index in [1.54, 1.807) is 0 Å². The maximum Gasteiger partial charge on any atom is 0.319 e. The second-order valence-electron chi connectivity index (χ2n) is 6.81. The van der Waals surface area contributed by atoms with Gasteiger partial charge in [-0.1, -0.05) is 17.7 Å². The second kappa shape index (κ2) is 8.67. The predicted molar refractivity (Wildman–Crippen MR) is 99.6 cm³/mol. The molecule has 1 aliphatic heterocycles. The van der Waals surface area contributed by atoms with Crippen molar-refractivity contribution in [3.05, 3.63) is 48.5 Å². The van der Waals surface area contributed by atoms with E-state index in [0.29, 0.717) is 5.92 Å². The number of piperidine rings is 1. The number of carbonyl (C=O) groups excluding carboxylic acids is 1. The van der Waals surface area contributed by atoms with E-state index in [-0.39, 0.29) is 6.03 Å². The number of imidazole rings is 1. The number of nitrogens with zero attached hydrogens (tertiary/aromatic N) is 3. The molecule has 0 spiro atoms. The maximum atomic E-state index is 12.1. The van der Waals surface area contributed by atoms with Crippen molar-refractivity contribution >= 4 is 11.7 Å². The highest BCUT2D eigenvalue weighted by Gasteiger charge is 2.20. The molecule has 2 heterocycles. The zero-order chi connectivity index (χ0) is 17.5. The fraction of sp³-hybridized carbons (Fsp3) is 0.474. The van der Waals surface area contributed by atoms with Gasteiger partial charge in [-0.25, -0.2) is 9.78 Å². The van der Waals surface area contributed by atoms with Crippen molar-refractivity contribution in [3.8, 4) is 0 Å². The number of nitrogens with one attached hydrogen (secondary N) is 2. The van der Waals surface area contributed by atoms with E-state index >= 15 is 0 Å². The Kier molecular flexibility index (Phi) is 6.06. The van der Waals surface area contributed by atoms with Crippen LogP contribution in [0.3, 0.4) is 0 Å². The van der Waals surface area contributed by atoms with Crippen molar-refractivity contribution in [2.24, 2.45) is 5.92 Å². The largest absolute Gasteiger partial charge is 0.338 e. The second-order valence-corrected chi connectivity index (χ2v) is 6.81. The summed E-state index contributed by atoms with van der Waals surface area (Å²) in [6.07, 6.45) is 8.04. The molecule has 6 heteroatoms. The Morgan fingerprint density at radius 3 is 2.88 bits per heavy atom. The highest BCUT2D eigenvalue weighted by Crippen LogP contribution is 2.16. The van der Waals surface area contributed by atoms with Crippen LogP contribution in [0, 0.1) is 12.8 Å². The van der Waals surface area contributed by atoms with Gasteiger partial charge in [-0.05, 0) is 44.4 Å². The van der Waals surface area contributed by atoms with E-state index in [9.17, 15) is 4.79 Å². The summed E-state index contributed by atoms with van der Waals surface area (Å²) in [5.74, 6) is 0.514. The number of aromatic nitrogens is 2. The lowest BCUT2D eigenvalue weighted by Gasteiger charge is -2.32. The monoisotopic (exact) mass is 341 g/mol. The molecule has 1 aromatic heterocycles. The maximum absolute atomic E-state index is 12.1. The third-order valence-electron chi connectivity index (χ3n) is 4.70. The third-order valence-corrected chi connectivity index (χ3v) is 4.70. The zero-order valence-corrected chi connectivity index (χ0v) is 14.8. The van der Waals surface area contributed by atoms with Crippen molar-refractivity contribution in [2.75, 3.05) is 31.5 Å². The number of hydrogen-bond acceptors (Lipinski definition) is 3. The minimum atomic E-state index is -0.126. The molecule has 0 unspecified atom stereocenters. The Hall–Kier alpha value is -2.34. The number of likely N-dealkylation sites (tertiary alicyclic amines) is 1. The van der Waals surface area contributed by atoms with Gasteiger partial charge in [0.2, 0.25) is 0 Å². The van der Waals surface area contributed by atoms with E-state index in [2.05, 4.69) is 25.1 Å².